The molecule has 3 aromatic rings. The number of amides is 1. The first-order valence-electron chi connectivity index (χ1n) is 9.38. The van der Waals surface area contributed by atoms with E-state index in [1.165, 1.54) is 17.6 Å². The zero-order valence-corrected chi connectivity index (χ0v) is 18.7. The Balaban J connectivity index is 1.42. The highest BCUT2D eigenvalue weighted by Crippen LogP contribution is 2.31. The lowest BCUT2D eigenvalue weighted by Crippen LogP contribution is -2.48. The van der Waals surface area contributed by atoms with Crippen LogP contribution in [-0.2, 0) is 14.6 Å². The number of rotatable bonds is 4. The number of anilines is 1. The fourth-order valence-corrected chi connectivity index (χ4v) is 5.23. The van der Waals surface area contributed by atoms with E-state index in [0.717, 1.165) is 20.9 Å². The van der Waals surface area contributed by atoms with Gasteiger partial charge in [-0.25, -0.2) is 13.4 Å². The van der Waals surface area contributed by atoms with Crippen LogP contribution >= 0.6 is 22.9 Å². The molecule has 1 aliphatic heterocycles. The molecule has 0 unspecified atom stereocenters. The number of thiazole rings is 1. The minimum atomic E-state index is -3.25. The number of hydrogen-bond donors (Lipinski definition) is 0. The number of benzene rings is 2. The van der Waals surface area contributed by atoms with Crippen LogP contribution in [0.5, 0.6) is 0 Å². The van der Waals surface area contributed by atoms with Gasteiger partial charge in [-0.1, -0.05) is 41.1 Å². The summed E-state index contributed by atoms with van der Waals surface area (Å²) in [4.78, 5) is 21.4. The lowest BCUT2D eigenvalue weighted by atomic mass is 10.2. The Morgan fingerprint density at radius 2 is 1.87 bits per heavy atom. The second kappa shape index (κ2) is 8.37. The first-order chi connectivity index (χ1) is 14.3. The first-order valence-corrected chi connectivity index (χ1v) is 12.5. The molecule has 2 heterocycles. The highest BCUT2D eigenvalue weighted by atomic mass is 35.5. The molecule has 0 aliphatic carbocycles. The summed E-state index contributed by atoms with van der Waals surface area (Å²) in [5, 5.41) is 1.45. The molecule has 0 radical (unpaired) electrons. The molecule has 0 bridgehead atoms. The van der Waals surface area contributed by atoms with Crippen molar-refractivity contribution in [2.45, 2.75) is 4.90 Å². The van der Waals surface area contributed by atoms with E-state index in [9.17, 15) is 13.2 Å². The van der Waals surface area contributed by atoms with Crippen LogP contribution < -0.4 is 4.90 Å². The normalized spacial score (nSPS) is 15.3. The van der Waals surface area contributed by atoms with E-state index in [2.05, 4.69) is 9.88 Å². The molecule has 1 amide bonds. The van der Waals surface area contributed by atoms with E-state index < -0.39 is 9.84 Å². The quantitative estimate of drug-likeness (QED) is 0.554. The third-order valence-electron chi connectivity index (χ3n) is 4.95. The largest absolute Gasteiger partial charge is 0.345 e. The van der Waals surface area contributed by atoms with Gasteiger partial charge < -0.3 is 9.80 Å². The number of fused-ring (bicyclic) bond motifs is 1. The molecule has 0 N–H and O–H groups in total. The molecule has 4 rings (SSSR count). The molecule has 6 nitrogen and oxygen atoms in total. The van der Waals surface area contributed by atoms with E-state index in [-0.39, 0.29) is 5.91 Å². The number of sulfone groups is 1. The van der Waals surface area contributed by atoms with Crippen LogP contribution in [0.2, 0.25) is 5.02 Å². The zero-order chi connectivity index (χ0) is 21.3. The van der Waals surface area contributed by atoms with Crippen molar-refractivity contribution in [2.24, 2.45) is 0 Å². The Labute approximate surface area is 184 Å². The number of carbonyl (C=O) groups excluding carboxylic acids is 1. The standard InChI is InChI=1S/C21H20ClN3O3S2/c1-30(27,28)16-7-8-18-19(14-16)29-21(23-18)25-12-10-24(11-13-25)20(26)9-6-15-4-2-3-5-17(15)22/h2-9,14H,10-13H2,1H3/b9-6+. The second-order valence-electron chi connectivity index (χ2n) is 7.07. The van der Waals surface area contributed by atoms with Crippen molar-refractivity contribution in [3.05, 3.63) is 59.1 Å². The number of halogens is 1. The van der Waals surface area contributed by atoms with Crippen molar-refractivity contribution in [1.29, 1.82) is 0 Å². The monoisotopic (exact) mass is 461 g/mol. The molecule has 1 fully saturated rings. The van der Waals surface area contributed by atoms with Crippen molar-refractivity contribution in [3.63, 3.8) is 0 Å². The van der Waals surface area contributed by atoms with Gasteiger partial charge in [-0.15, -0.1) is 0 Å². The van der Waals surface area contributed by atoms with Gasteiger partial charge >= 0.3 is 0 Å². The lowest BCUT2D eigenvalue weighted by Gasteiger charge is -2.34. The number of aromatic nitrogens is 1. The SMILES string of the molecule is CS(=O)(=O)c1ccc2nc(N3CCN(C(=O)/C=C/c4ccccc4Cl)CC3)sc2c1. The highest BCUT2D eigenvalue weighted by molar-refractivity contribution is 7.90. The maximum absolute atomic E-state index is 12.5. The molecule has 2 aromatic carbocycles. The molecule has 0 atom stereocenters. The van der Waals surface area contributed by atoms with Gasteiger partial charge in [0.25, 0.3) is 0 Å². The van der Waals surface area contributed by atoms with Gasteiger partial charge in [0.1, 0.15) is 0 Å². The summed E-state index contributed by atoms with van der Waals surface area (Å²) < 4.78 is 24.4. The number of carbonyl (C=O) groups is 1. The molecule has 1 aliphatic rings. The summed E-state index contributed by atoms with van der Waals surface area (Å²) in [6.07, 6.45) is 4.50. The molecule has 30 heavy (non-hydrogen) atoms. The minimum Gasteiger partial charge on any atom is -0.345 e. The minimum absolute atomic E-state index is 0.0448. The lowest BCUT2D eigenvalue weighted by molar-refractivity contribution is -0.126. The van der Waals surface area contributed by atoms with Gasteiger partial charge in [0, 0.05) is 43.5 Å². The summed E-state index contributed by atoms with van der Waals surface area (Å²) in [5.41, 5.74) is 1.60. The van der Waals surface area contributed by atoms with E-state index in [4.69, 9.17) is 11.6 Å². The Kier molecular flexibility index (Phi) is 5.81. The van der Waals surface area contributed by atoms with Gasteiger partial charge in [-0.2, -0.15) is 0 Å². The second-order valence-corrected chi connectivity index (χ2v) is 10.5. The van der Waals surface area contributed by atoms with E-state index in [1.54, 1.807) is 41.3 Å². The van der Waals surface area contributed by atoms with Crippen molar-refractivity contribution >= 4 is 60.1 Å². The van der Waals surface area contributed by atoms with Gasteiger partial charge in [-0.3, -0.25) is 4.79 Å². The van der Waals surface area contributed by atoms with Crippen LogP contribution in [0.1, 0.15) is 5.56 Å². The van der Waals surface area contributed by atoms with Crippen molar-refractivity contribution in [3.8, 4) is 0 Å². The van der Waals surface area contributed by atoms with Crippen molar-refractivity contribution in [2.75, 3.05) is 37.3 Å². The van der Waals surface area contributed by atoms with Gasteiger partial charge in [0.15, 0.2) is 15.0 Å². The van der Waals surface area contributed by atoms with Crippen molar-refractivity contribution < 1.29 is 13.2 Å². The van der Waals surface area contributed by atoms with Crippen LogP contribution in [0, 0.1) is 0 Å². The molecule has 0 saturated carbocycles. The molecular weight excluding hydrogens is 442 g/mol. The van der Waals surface area contributed by atoms with Gasteiger partial charge in [-0.05, 0) is 35.9 Å². The number of nitrogens with zero attached hydrogens (tertiary/aromatic N) is 3. The molecule has 9 heteroatoms. The summed E-state index contributed by atoms with van der Waals surface area (Å²) in [7, 11) is -3.25. The fraction of sp³-hybridized carbons (Fsp3) is 0.238. The van der Waals surface area contributed by atoms with Gasteiger partial charge in [0.05, 0.1) is 15.1 Å². The highest BCUT2D eigenvalue weighted by Gasteiger charge is 2.22. The predicted octanol–water partition coefficient (Wildman–Crippen LogP) is 3.72. The molecule has 156 valence electrons. The van der Waals surface area contributed by atoms with Crippen LogP contribution in [0.4, 0.5) is 5.13 Å². The smallest absolute Gasteiger partial charge is 0.246 e. The average Bonchev–Trinajstić information content (AvgIpc) is 3.16. The molecule has 1 saturated heterocycles. The number of hydrogen-bond acceptors (Lipinski definition) is 6. The average molecular weight is 462 g/mol. The van der Waals surface area contributed by atoms with Crippen LogP contribution in [0.3, 0.4) is 0 Å². The number of piperazine rings is 1. The van der Waals surface area contributed by atoms with Crippen molar-refractivity contribution in [1.82, 2.24) is 9.88 Å². The van der Waals surface area contributed by atoms with E-state index >= 15 is 0 Å². The zero-order valence-electron chi connectivity index (χ0n) is 16.3. The Hall–Kier alpha value is -2.42. The maximum Gasteiger partial charge on any atom is 0.246 e. The Morgan fingerprint density at radius 3 is 2.57 bits per heavy atom. The van der Waals surface area contributed by atoms with E-state index in [0.29, 0.717) is 36.1 Å². The van der Waals surface area contributed by atoms with E-state index in [1.807, 2.05) is 18.2 Å². The summed E-state index contributed by atoms with van der Waals surface area (Å²) in [6, 6.07) is 12.4. The topological polar surface area (TPSA) is 70.6 Å². The van der Waals surface area contributed by atoms with Crippen LogP contribution in [0.25, 0.3) is 16.3 Å². The summed E-state index contributed by atoms with van der Waals surface area (Å²) in [5.74, 6) is -0.0448. The Bertz CT molecular complexity index is 1230. The summed E-state index contributed by atoms with van der Waals surface area (Å²) in [6.45, 7) is 2.53. The molecule has 0 spiro atoms. The third-order valence-corrected chi connectivity index (χ3v) is 7.48. The summed E-state index contributed by atoms with van der Waals surface area (Å²) >= 11 is 7.60. The predicted molar refractivity (Wildman–Crippen MR) is 122 cm³/mol. The fourth-order valence-electron chi connectivity index (χ4n) is 3.25. The third kappa shape index (κ3) is 4.50. The van der Waals surface area contributed by atoms with Crippen LogP contribution in [-0.4, -0.2) is 56.6 Å². The van der Waals surface area contributed by atoms with Crippen LogP contribution in [0.15, 0.2) is 53.4 Å². The Morgan fingerprint density at radius 1 is 1.13 bits per heavy atom. The van der Waals surface area contributed by atoms with Gasteiger partial charge in [0.2, 0.25) is 5.91 Å². The maximum atomic E-state index is 12.5. The molecule has 1 aromatic heterocycles. The first kappa shape index (κ1) is 20.8. The molecular formula is C21H20ClN3O3S2.